The van der Waals surface area contributed by atoms with Crippen LogP contribution in [-0.4, -0.2) is 23.9 Å². The smallest absolute Gasteiger partial charge is 0.317 e. The van der Waals surface area contributed by atoms with Crippen molar-refractivity contribution in [1.82, 2.24) is 0 Å². The van der Waals surface area contributed by atoms with E-state index >= 15 is 0 Å². The molecule has 6 nitrogen and oxygen atoms in total. The van der Waals surface area contributed by atoms with Crippen LogP contribution in [0.25, 0.3) is 0 Å². The quantitative estimate of drug-likeness (QED) is 0.539. The first kappa shape index (κ1) is 14.8. The summed E-state index contributed by atoms with van der Waals surface area (Å²) in [6, 6.07) is 0. The van der Waals surface area contributed by atoms with Gasteiger partial charge in [-0.15, -0.1) is 0 Å². The van der Waals surface area contributed by atoms with Crippen LogP contribution in [0.5, 0.6) is 0 Å². The molecule has 2 aliphatic heterocycles. The molecule has 124 valence electrons. The largest absolute Gasteiger partial charge is 0.393 e. The lowest BCUT2D eigenvalue weighted by Crippen LogP contribution is -2.42. The fourth-order valence-corrected chi connectivity index (χ4v) is 5.09. The van der Waals surface area contributed by atoms with Crippen molar-refractivity contribution in [1.29, 1.82) is 0 Å². The summed E-state index contributed by atoms with van der Waals surface area (Å²) in [5.74, 6) is -1.41. The summed E-state index contributed by atoms with van der Waals surface area (Å²) in [7, 11) is 0. The van der Waals surface area contributed by atoms with Crippen molar-refractivity contribution < 1.29 is 28.7 Å². The molecule has 0 spiro atoms. The van der Waals surface area contributed by atoms with Crippen molar-refractivity contribution >= 4 is 23.9 Å². The fourth-order valence-electron chi connectivity index (χ4n) is 5.09. The van der Waals surface area contributed by atoms with Crippen molar-refractivity contribution in [3.63, 3.8) is 0 Å². The molecule has 4 aliphatic rings. The van der Waals surface area contributed by atoms with Crippen LogP contribution in [0.3, 0.4) is 0 Å². The van der Waals surface area contributed by atoms with Gasteiger partial charge in [0.15, 0.2) is 0 Å². The number of rotatable bonds is 1. The lowest BCUT2D eigenvalue weighted by Gasteiger charge is -2.41. The second-order valence-electron chi connectivity index (χ2n) is 7.46. The maximum Gasteiger partial charge on any atom is 0.317 e. The number of ether oxygens (including phenoxy) is 2. The third-order valence-corrected chi connectivity index (χ3v) is 6.34. The number of fused-ring (bicyclic) bond motifs is 2. The van der Waals surface area contributed by atoms with Gasteiger partial charge < -0.3 is 9.47 Å². The Morgan fingerprint density at radius 2 is 1.17 bits per heavy atom. The van der Waals surface area contributed by atoms with E-state index in [1.807, 2.05) is 0 Å². The van der Waals surface area contributed by atoms with Crippen LogP contribution in [-0.2, 0) is 28.7 Å². The van der Waals surface area contributed by atoms with E-state index in [4.69, 9.17) is 9.47 Å². The van der Waals surface area contributed by atoms with Gasteiger partial charge in [0.05, 0.1) is 17.8 Å². The number of carbonyl (C=O) groups is 4. The van der Waals surface area contributed by atoms with E-state index in [0.29, 0.717) is 31.1 Å². The molecule has 0 amide bonds. The molecular formula is C17H20O6. The maximum atomic E-state index is 12.0. The highest BCUT2D eigenvalue weighted by Gasteiger charge is 2.50. The molecule has 2 aliphatic carbocycles. The molecule has 0 radical (unpaired) electrons. The Bertz CT molecular complexity index is 582. The van der Waals surface area contributed by atoms with Crippen LogP contribution < -0.4 is 0 Å². The van der Waals surface area contributed by atoms with E-state index in [-0.39, 0.29) is 41.6 Å². The molecule has 6 heteroatoms. The molecule has 0 N–H and O–H groups in total. The number of hydrogen-bond donors (Lipinski definition) is 0. The molecule has 0 bridgehead atoms. The Morgan fingerprint density at radius 3 is 1.96 bits per heavy atom. The number of hydrogen-bond acceptors (Lipinski definition) is 6. The minimum atomic E-state index is -0.401. The zero-order valence-corrected chi connectivity index (χ0v) is 12.9. The molecule has 4 fully saturated rings. The van der Waals surface area contributed by atoms with Crippen LogP contribution in [0, 0.1) is 35.5 Å². The lowest BCUT2D eigenvalue weighted by molar-refractivity contribution is -0.173. The Kier molecular flexibility index (Phi) is 3.50. The summed E-state index contributed by atoms with van der Waals surface area (Å²) in [5.41, 5.74) is 0. The Hall–Kier alpha value is -1.72. The Labute approximate surface area is 133 Å². The minimum absolute atomic E-state index is 0.120. The van der Waals surface area contributed by atoms with Gasteiger partial charge in [0, 0.05) is 6.42 Å². The average molecular weight is 320 g/mol. The van der Waals surface area contributed by atoms with Gasteiger partial charge in [0.2, 0.25) is 0 Å². The average Bonchev–Trinajstić information content (AvgIpc) is 2.81. The van der Waals surface area contributed by atoms with Crippen molar-refractivity contribution in [3.05, 3.63) is 0 Å². The molecule has 6 unspecified atom stereocenters. The summed E-state index contributed by atoms with van der Waals surface area (Å²) in [5, 5.41) is 0. The molecule has 6 atom stereocenters. The van der Waals surface area contributed by atoms with Gasteiger partial charge in [-0.05, 0) is 56.3 Å². The zero-order valence-electron chi connectivity index (χ0n) is 12.9. The number of esters is 4. The minimum Gasteiger partial charge on any atom is -0.393 e. The second-order valence-corrected chi connectivity index (χ2v) is 7.46. The molecule has 2 heterocycles. The van der Waals surface area contributed by atoms with E-state index < -0.39 is 5.97 Å². The predicted octanol–water partition coefficient (Wildman–Crippen LogP) is 1.61. The summed E-state index contributed by atoms with van der Waals surface area (Å²) in [6.45, 7) is 0. The van der Waals surface area contributed by atoms with E-state index in [1.165, 1.54) is 0 Å². The normalized spacial score (nSPS) is 43.5. The highest BCUT2D eigenvalue weighted by Crippen LogP contribution is 2.48. The molecular weight excluding hydrogens is 300 g/mol. The van der Waals surface area contributed by atoms with Crippen molar-refractivity contribution in [2.75, 3.05) is 0 Å². The standard InChI is InChI=1S/C17H20O6/c18-14-7-10-2-1-8(5-12(10)16(20)22-14)9-3-4-11-13(6-9)17(21)23-15(11)19/h8-13H,1-7H2. The first-order valence-electron chi connectivity index (χ1n) is 8.53. The summed E-state index contributed by atoms with van der Waals surface area (Å²) < 4.78 is 9.56. The van der Waals surface area contributed by atoms with Crippen molar-refractivity contribution in [3.8, 4) is 0 Å². The summed E-state index contributed by atoms with van der Waals surface area (Å²) >= 11 is 0. The predicted molar refractivity (Wildman–Crippen MR) is 75.5 cm³/mol. The van der Waals surface area contributed by atoms with Gasteiger partial charge >= 0.3 is 23.9 Å². The molecule has 2 saturated carbocycles. The van der Waals surface area contributed by atoms with Crippen LogP contribution in [0.2, 0.25) is 0 Å². The van der Waals surface area contributed by atoms with E-state index in [2.05, 4.69) is 0 Å². The SMILES string of the molecule is O=C1CC2CCC(C3CCC4C(=O)OC(=O)C4C3)CC2C(=O)O1. The third-order valence-electron chi connectivity index (χ3n) is 6.34. The zero-order chi connectivity index (χ0) is 16.1. The maximum absolute atomic E-state index is 12.0. The first-order valence-corrected chi connectivity index (χ1v) is 8.53. The van der Waals surface area contributed by atoms with Crippen LogP contribution in [0.15, 0.2) is 0 Å². The van der Waals surface area contributed by atoms with Gasteiger partial charge in [0.25, 0.3) is 0 Å². The third kappa shape index (κ3) is 2.48. The summed E-state index contributed by atoms with van der Waals surface area (Å²) in [6.07, 6.45) is 5.22. The summed E-state index contributed by atoms with van der Waals surface area (Å²) in [4.78, 5) is 46.8. The molecule has 0 aromatic rings. The lowest BCUT2D eigenvalue weighted by atomic mass is 9.63. The molecule has 4 rings (SSSR count). The molecule has 0 aromatic carbocycles. The fraction of sp³-hybridized carbons (Fsp3) is 0.765. The highest BCUT2D eigenvalue weighted by molar-refractivity contribution is 5.96. The topological polar surface area (TPSA) is 86.7 Å². The van der Waals surface area contributed by atoms with Crippen LogP contribution in [0.1, 0.15) is 44.9 Å². The van der Waals surface area contributed by atoms with E-state index in [9.17, 15) is 19.2 Å². The second kappa shape index (κ2) is 5.42. The van der Waals surface area contributed by atoms with Crippen LogP contribution >= 0.6 is 0 Å². The van der Waals surface area contributed by atoms with E-state index in [0.717, 1.165) is 25.7 Å². The first-order chi connectivity index (χ1) is 11.0. The Morgan fingerprint density at radius 1 is 0.609 bits per heavy atom. The molecule has 23 heavy (non-hydrogen) atoms. The number of carbonyl (C=O) groups excluding carboxylic acids is 4. The van der Waals surface area contributed by atoms with Gasteiger partial charge in [-0.3, -0.25) is 19.2 Å². The van der Waals surface area contributed by atoms with Gasteiger partial charge in [-0.25, -0.2) is 0 Å². The van der Waals surface area contributed by atoms with Crippen LogP contribution in [0.4, 0.5) is 0 Å². The highest BCUT2D eigenvalue weighted by atomic mass is 16.6. The molecule has 2 saturated heterocycles. The van der Waals surface area contributed by atoms with E-state index in [1.54, 1.807) is 0 Å². The number of cyclic esters (lactones) is 4. The van der Waals surface area contributed by atoms with Crippen molar-refractivity contribution in [2.24, 2.45) is 35.5 Å². The molecule has 0 aromatic heterocycles. The Balaban J connectivity index is 1.44. The van der Waals surface area contributed by atoms with Crippen molar-refractivity contribution in [2.45, 2.75) is 44.9 Å². The van der Waals surface area contributed by atoms with Gasteiger partial charge in [-0.2, -0.15) is 0 Å². The van der Waals surface area contributed by atoms with Gasteiger partial charge in [-0.1, -0.05) is 0 Å². The van der Waals surface area contributed by atoms with Gasteiger partial charge in [0.1, 0.15) is 0 Å². The monoisotopic (exact) mass is 320 g/mol.